The monoisotopic (exact) mass is 534 g/mol. The van der Waals surface area contributed by atoms with Gasteiger partial charge >= 0.3 is 0 Å². The molecular formula is C39H38N2+2. The normalized spacial score (nSPS) is 17.9. The van der Waals surface area contributed by atoms with Crippen LogP contribution in [0, 0.1) is 0 Å². The molecule has 0 saturated heterocycles. The van der Waals surface area contributed by atoms with Gasteiger partial charge in [-0.1, -0.05) is 81.4 Å². The largest absolute Gasteiger partial charge is 0.218 e. The number of fused-ring (bicyclic) bond motifs is 9. The molecule has 4 heterocycles. The van der Waals surface area contributed by atoms with E-state index in [9.17, 15) is 0 Å². The highest BCUT2D eigenvalue weighted by atomic mass is 15.0. The van der Waals surface area contributed by atoms with Crippen molar-refractivity contribution < 1.29 is 9.13 Å². The SMILES string of the molecule is C=C1CC2C(CCc3ccc(-c4ccccc4)cc3-c3cc(C(C)(C)C)cc[n+]31)c1ccccc1-c1cccc[n+]12. The molecule has 2 aliphatic heterocycles. The number of aromatic nitrogens is 2. The maximum atomic E-state index is 4.74. The second-order valence-electron chi connectivity index (χ2n) is 12.7. The molecule has 0 aliphatic carbocycles. The zero-order valence-electron chi connectivity index (χ0n) is 24.3. The molecule has 0 radical (unpaired) electrons. The molecule has 2 atom stereocenters. The highest BCUT2D eigenvalue weighted by Gasteiger charge is 2.42. The summed E-state index contributed by atoms with van der Waals surface area (Å²) in [6.07, 6.45) is 7.54. The summed E-state index contributed by atoms with van der Waals surface area (Å²) >= 11 is 0. The van der Waals surface area contributed by atoms with Gasteiger partial charge in [-0.15, -0.1) is 0 Å². The molecule has 0 saturated carbocycles. The van der Waals surface area contributed by atoms with E-state index in [0.717, 1.165) is 25.0 Å². The molecule has 7 rings (SSSR count). The summed E-state index contributed by atoms with van der Waals surface area (Å²) in [4.78, 5) is 0. The van der Waals surface area contributed by atoms with Crippen LogP contribution in [0.4, 0.5) is 0 Å². The summed E-state index contributed by atoms with van der Waals surface area (Å²) in [7, 11) is 0. The highest BCUT2D eigenvalue weighted by molar-refractivity contribution is 5.74. The van der Waals surface area contributed by atoms with Gasteiger partial charge in [-0.3, -0.25) is 0 Å². The first kappa shape index (κ1) is 25.7. The van der Waals surface area contributed by atoms with Crippen molar-refractivity contribution in [2.45, 2.75) is 57.4 Å². The van der Waals surface area contributed by atoms with Crippen LogP contribution in [0.1, 0.15) is 62.3 Å². The van der Waals surface area contributed by atoms with Gasteiger partial charge in [-0.05, 0) is 70.9 Å². The molecule has 3 aromatic carbocycles. The summed E-state index contributed by atoms with van der Waals surface area (Å²) in [6, 6.07) is 38.5. The number of allylic oxidation sites excluding steroid dienone is 1. The summed E-state index contributed by atoms with van der Waals surface area (Å²) < 4.78 is 4.89. The lowest BCUT2D eigenvalue weighted by molar-refractivity contribution is -0.720. The van der Waals surface area contributed by atoms with Crippen LogP contribution >= 0.6 is 0 Å². The van der Waals surface area contributed by atoms with E-state index in [0.29, 0.717) is 12.0 Å². The molecule has 2 unspecified atom stereocenters. The Morgan fingerprint density at radius 2 is 1.49 bits per heavy atom. The molecule has 0 bridgehead atoms. The minimum atomic E-state index is 0.0520. The van der Waals surface area contributed by atoms with Gasteiger partial charge in [0.25, 0.3) is 0 Å². The maximum Gasteiger partial charge on any atom is 0.218 e. The number of pyridine rings is 2. The van der Waals surface area contributed by atoms with Gasteiger partial charge in [-0.2, -0.15) is 9.13 Å². The maximum absolute atomic E-state index is 4.74. The summed E-state index contributed by atoms with van der Waals surface area (Å²) in [5, 5.41) is 0. The first-order valence-electron chi connectivity index (χ1n) is 14.9. The Balaban J connectivity index is 1.44. The van der Waals surface area contributed by atoms with Gasteiger partial charge < -0.3 is 0 Å². The Morgan fingerprint density at radius 1 is 0.707 bits per heavy atom. The molecule has 202 valence electrons. The van der Waals surface area contributed by atoms with Crippen LogP contribution in [-0.4, -0.2) is 0 Å². The van der Waals surface area contributed by atoms with E-state index in [1.54, 1.807) is 0 Å². The van der Waals surface area contributed by atoms with Crippen molar-refractivity contribution in [1.29, 1.82) is 0 Å². The molecule has 41 heavy (non-hydrogen) atoms. The van der Waals surface area contributed by atoms with Crippen molar-refractivity contribution in [2.24, 2.45) is 0 Å². The van der Waals surface area contributed by atoms with Gasteiger partial charge in [0, 0.05) is 35.7 Å². The van der Waals surface area contributed by atoms with Gasteiger partial charge in [0.1, 0.15) is 0 Å². The van der Waals surface area contributed by atoms with Crippen LogP contribution in [0.2, 0.25) is 0 Å². The van der Waals surface area contributed by atoms with Crippen LogP contribution < -0.4 is 9.13 Å². The average Bonchev–Trinajstić information content (AvgIpc) is 3.00. The van der Waals surface area contributed by atoms with Gasteiger partial charge in [0.05, 0.1) is 12.0 Å². The van der Waals surface area contributed by atoms with Crippen LogP contribution in [-0.2, 0) is 11.8 Å². The minimum absolute atomic E-state index is 0.0520. The number of hydrogen-bond donors (Lipinski definition) is 0. The average molecular weight is 535 g/mol. The fourth-order valence-corrected chi connectivity index (χ4v) is 6.96. The molecule has 0 fully saturated rings. The third kappa shape index (κ3) is 4.52. The zero-order chi connectivity index (χ0) is 28.1. The van der Waals surface area contributed by atoms with Gasteiger partial charge in [0.15, 0.2) is 24.1 Å². The molecule has 2 nitrogen and oxygen atoms in total. The van der Waals surface area contributed by atoms with Crippen molar-refractivity contribution in [3.63, 3.8) is 0 Å². The standard InChI is InChI=1S/C39H38N2/c1-27-24-37-34(32-14-8-9-15-33(32)36-16-10-11-22-41(36)37)20-19-29-17-18-30(28-12-6-5-7-13-28)25-35(29)38-26-31(39(2,3)4)21-23-40(27)38/h5-18,21-23,25-26,34,37H,1,19-20,24H2,2-4H3/q+2. The predicted molar refractivity (Wildman–Crippen MR) is 168 cm³/mol. The van der Waals surface area contributed by atoms with Crippen LogP contribution in [0.25, 0.3) is 39.3 Å². The molecule has 2 heteroatoms. The number of rotatable bonds is 1. The number of hydrogen-bond acceptors (Lipinski definition) is 0. The first-order valence-corrected chi connectivity index (χ1v) is 14.9. The Labute approximate surface area is 244 Å². The number of benzene rings is 3. The van der Waals surface area contributed by atoms with Crippen molar-refractivity contribution in [2.75, 3.05) is 0 Å². The third-order valence-corrected chi connectivity index (χ3v) is 9.17. The van der Waals surface area contributed by atoms with Crippen molar-refractivity contribution in [1.82, 2.24) is 0 Å². The summed E-state index contributed by atoms with van der Waals surface area (Å²) in [6.45, 7) is 11.6. The van der Waals surface area contributed by atoms with E-state index in [4.69, 9.17) is 6.58 Å². The fraction of sp³-hybridized carbons (Fsp3) is 0.231. The molecule has 0 amide bonds. The topological polar surface area (TPSA) is 7.76 Å². The summed E-state index contributed by atoms with van der Waals surface area (Å²) in [5.74, 6) is 0.403. The number of aryl methyl sites for hydroxylation is 1. The van der Waals surface area contributed by atoms with E-state index in [1.165, 1.54) is 50.3 Å². The van der Waals surface area contributed by atoms with Crippen LogP contribution in [0.5, 0.6) is 0 Å². The molecule has 0 N–H and O–H groups in total. The van der Waals surface area contributed by atoms with Crippen LogP contribution in [0.15, 0.2) is 122 Å². The second-order valence-corrected chi connectivity index (χ2v) is 12.7. The minimum Gasteiger partial charge on any atom is -0.194 e. The molecule has 2 aliphatic rings. The Morgan fingerprint density at radius 3 is 2.32 bits per heavy atom. The lowest BCUT2D eigenvalue weighted by Crippen LogP contribution is -2.49. The first-order chi connectivity index (χ1) is 19.9. The molecule has 2 aromatic heterocycles. The quantitative estimate of drug-likeness (QED) is 0.190. The highest BCUT2D eigenvalue weighted by Crippen LogP contribution is 2.44. The Bertz CT molecular complexity index is 1770. The van der Waals surface area contributed by atoms with Crippen molar-refractivity contribution in [3.8, 4) is 33.6 Å². The lowest BCUT2D eigenvalue weighted by atomic mass is 9.77. The van der Waals surface area contributed by atoms with Crippen molar-refractivity contribution in [3.05, 3.63) is 139 Å². The van der Waals surface area contributed by atoms with Gasteiger partial charge in [-0.25, -0.2) is 0 Å². The van der Waals surface area contributed by atoms with E-state index in [1.807, 2.05) is 0 Å². The van der Waals surface area contributed by atoms with Gasteiger partial charge in [0.2, 0.25) is 11.4 Å². The molecular weight excluding hydrogens is 496 g/mol. The second kappa shape index (κ2) is 9.96. The zero-order valence-corrected chi connectivity index (χ0v) is 24.3. The molecule has 5 aromatic rings. The lowest BCUT2D eigenvalue weighted by Gasteiger charge is -2.31. The Kier molecular flexibility index (Phi) is 6.23. The fourth-order valence-electron chi connectivity index (χ4n) is 6.96. The molecule has 0 spiro atoms. The Hall–Kier alpha value is -4.30. The van der Waals surface area contributed by atoms with E-state index in [2.05, 4.69) is 145 Å². The van der Waals surface area contributed by atoms with Crippen LogP contribution in [0.3, 0.4) is 0 Å². The third-order valence-electron chi connectivity index (χ3n) is 9.17. The van der Waals surface area contributed by atoms with E-state index in [-0.39, 0.29) is 5.41 Å². The van der Waals surface area contributed by atoms with E-state index >= 15 is 0 Å². The number of nitrogens with zero attached hydrogens (tertiary/aromatic N) is 2. The smallest absolute Gasteiger partial charge is 0.194 e. The van der Waals surface area contributed by atoms with E-state index < -0.39 is 0 Å². The predicted octanol–water partition coefficient (Wildman–Crippen LogP) is 8.71. The summed E-state index contributed by atoms with van der Waals surface area (Å²) in [5.41, 5.74) is 13.1. The van der Waals surface area contributed by atoms with Crippen molar-refractivity contribution >= 4 is 5.70 Å².